The highest BCUT2D eigenvalue weighted by molar-refractivity contribution is 7.89. The highest BCUT2D eigenvalue weighted by Gasteiger charge is 2.36. The average Bonchev–Trinajstić information content (AvgIpc) is 3.36. The predicted octanol–water partition coefficient (Wildman–Crippen LogP) is 4.75. The van der Waals surface area contributed by atoms with Gasteiger partial charge in [0, 0.05) is 60.1 Å². The van der Waals surface area contributed by atoms with Crippen molar-refractivity contribution in [3.8, 4) is 11.1 Å². The molecule has 1 N–H and O–H groups in total. The van der Waals surface area contributed by atoms with Gasteiger partial charge in [-0.3, -0.25) is 9.97 Å². The molecule has 0 atom stereocenters. The first-order chi connectivity index (χ1) is 15.5. The minimum Gasteiger partial charge on any atom is -0.382 e. The minimum atomic E-state index is -3.15. The van der Waals surface area contributed by atoms with Crippen molar-refractivity contribution in [1.29, 1.82) is 0 Å². The third-order valence-corrected chi connectivity index (χ3v) is 9.30. The lowest BCUT2D eigenvalue weighted by molar-refractivity contribution is 0.326. The first kappa shape index (κ1) is 21.3. The van der Waals surface area contributed by atoms with Crippen molar-refractivity contribution in [3.63, 3.8) is 0 Å². The van der Waals surface area contributed by atoms with Crippen LogP contribution in [-0.2, 0) is 10.0 Å². The zero-order valence-corrected chi connectivity index (χ0v) is 19.3. The van der Waals surface area contributed by atoms with Gasteiger partial charge in [-0.2, -0.15) is 0 Å². The molecule has 1 saturated carbocycles. The molecule has 2 aliphatic rings. The lowest BCUT2D eigenvalue weighted by Crippen LogP contribution is -2.45. The van der Waals surface area contributed by atoms with Crippen LogP contribution in [0.4, 0.5) is 5.69 Å². The van der Waals surface area contributed by atoms with E-state index in [1.54, 1.807) is 4.31 Å². The molecule has 7 heteroatoms. The van der Waals surface area contributed by atoms with Crippen LogP contribution < -0.4 is 5.32 Å². The number of hydrogen-bond donors (Lipinski definition) is 1. The monoisotopic (exact) mass is 450 g/mol. The summed E-state index contributed by atoms with van der Waals surface area (Å²) < 4.78 is 27.6. The third kappa shape index (κ3) is 4.24. The van der Waals surface area contributed by atoms with E-state index < -0.39 is 10.0 Å². The van der Waals surface area contributed by atoms with Crippen molar-refractivity contribution in [2.24, 2.45) is 0 Å². The molecule has 0 bridgehead atoms. The Labute approximate surface area is 190 Å². The second-order valence-corrected chi connectivity index (χ2v) is 11.3. The number of aryl methyl sites for hydroxylation is 1. The Hall–Kier alpha value is -2.51. The summed E-state index contributed by atoms with van der Waals surface area (Å²) in [5.74, 6) is 0. The lowest BCUT2D eigenvalue weighted by atomic mass is 10.00. The Morgan fingerprint density at radius 3 is 2.47 bits per heavy atom. The van der Waals surface area contributed by atoms with Crippen molar-refractivity contribution in [2.75, 3.05) is 18.4 Å². The number of anilines is 1. The summed E-state index contributed by atoms with van der Waals surface area (Å²) in [4.78, 5) is 8.78. The molecule has 32 heavy (non-hydrogen) atoms. The van der Waals surface area contributed by atoms with Crippen LogP contribution in [0.1, 0.15) is 44.2 Å². The van der Waals surface area contributed by atoms with Gasteiger partial charge >= 0.3 is 0 Å². The van der Waals surface area contributed by atoms with E-state index in [0.29, 0.717) is 13.1 Å². The molecule has 168 valence electrons. The number of nitrogens with zero attached hydrogens (tertiary/aromatic N) is 3. The van der Waals surface area contributed by atoms with Crippen molar-refractivity contribution in [1.82, 2.24) is 14.3 Å². The van der Waals surface area contributed by atoms with Gasteiger partial charge < -0.3 is 5.32 Å². The molecular weight excluding hydrogens is 420 g/mol. The van der Waals surface area contributed by atoms with Crippen LogP contribution in [0.25, 0.3) is 21.9 Å². The summed E-state index contributed by atoms with van der Waals surface area (Å²) in [6, 6.07) is 10.7. The molecule has 0 amide bonds. The number of aromatic nitrogens is 2. The van der Waals surface area contributed by atoms with Gasteiger partial charge in [-0.1, -0.05) is 18.9 Å². The Morgan fingerprint density at radius 1 is 0.969 bits per heavy atom. The fraction of sp³-hybridized carbons (Fsp3) is 0.440. The third-order valence-electron chi connectivity index (χ3n) is 6.90. The zero-order chi connectivity index (χ0) is 22.1. The summed E-state index contributed by atoms with van der Waals surface area (Å²) in [7, 11) is -3.15. The topological polar surface area (TPSA) is 75.2 Å². The number of piperidine rings is 1. The highest BCUT2D eigenvalue weighted by Crippen LogP contribution is 2.33. The van der Waals surface area contributed by atoms with Crippen LogP contribution in [-0.4, -0.2) is 47.1 Å². The van der Waals surface area contributed by atoms with E-state index in [4.69, 9.17) is 0 Å². The minimum absolute atomic E-state index is 0.165. The van der Waals surface area contributed by atoms with Gasteiger partial charge in [0.1, 0.15) is 0 Å². The SMILES string of the molecule is Cc1ccc(-c2cc(NC3CCN(S(=O)(=O)C4CCCC4)CC3)c3cnccc3c2)cn1. The van der Waals surface area contributed by atoms with Crippen molar-refractivity contribution >= 4 is 26.5 Å². The molecule has 0 unspecified atom stereocenters. The van der Waals surface area contributed by atoms with Gasteiger partial charge in [0.2, 0.25) is 10.0 Å². The van der Waals surface area contributed by atoms with Crippen LogP contribution in [0.15, 0.2) is 48.9 Å². The Bertz CT molecular complexity index is 1200. The molecule has 1 aliphatic carbocycles. The number of pyridine rings is 2. The molecule has 1 saturated heterocycles. The Kier molecular flexibility index (Phi) is 5.86. The van der Waals surface area contributed by atoms with E-state index in [0.717, 1.165) is 71.8 Å². The van der Waals surface area contributed by atoms with Crippen LogP contribution >= 0.6 is 0 Å². The molecule has 1 aromatic carbocycles. The summed E-state index contributed by atoms with van der Waals surface area (Å²) in [5.41, 5.74) is 4.23. The van der Waals surface area contributed by atoms with Gasteiger partial charge in [-0.25, -0.2) is 12.7 Å². The number of fused-ring (bicyclic) bond motifs is 1. The first-order valence-corrected chi connectivity index (χ1v) is 13.1. The summed E-state index contributed by atoms with van der Waals surface area (Å²) >= 11 is 0. The zero-order valence-electron chi connectivity index (χ0n) is 18.5. The van der Waals surface area contributed by atoms with Gasteiger partial charge in [0.15, 0.2) is 0 Å². The lowest BCUT2D eigenvalue weighted by Gasteiger charge is -2.34. The maximum absolute atomic E-state index is 12.9. The van der Waals surface area contributed by atoms with Crippen LogP contribution in [0.3, 0.4) is 0 Å². The quantitative estimate of drug-likeness (QED) is 0.607. The molecule has 2 fully saturated rings. The van der Waals surface area contributed by atoms with Gasteiger partial charge in [-0.05, 0) is 67.8 Å². The average molecular weight is 451 g/mol. The molecule has 0 spiro atoms. The summed E-state index contributed by atoms with van der Waals surface area (Å²) in [6.45, 7) is 3.17. The molecular formula is C25H30N4O2S. The molecule has 2 aromatic heterocycles. The molecule has 0 radical (unpaired) electrons. The van der Waals surface area contributed by atoms with Crippen LogP contribution in [0, 0.1) is 6.92 Å². The van der Waals surface area contributed by atoms with Crippen molar-refractivity contribution < 1.29 is 8.42 Å². The van der Waals surface area contributed by atoms with E-state index in [1.807, 2.05) is 37.6 Å². The fourth-order valence-corrected chi connectivity index (χ4v) is 7.07. The van der Waals surface area contributed by atoms with Gasteiger partial charge in [0.25, 0.3) is 0 Å². The van der Waals surface area contributed by atoms with Crippen LogP contribution in [0.2, 0.25) is 0 Å². The largest absolute Gasteiger partial charge is 0.382 e. The number of rotatable bonds is 5. The predicted molar refractivity (Wildman–Crippen MR) is 129 cm³/mol. The van der Waals surface area contributed by atoms with E-state index >= 15 is 0 Å². The Balaban J connectivity index is 1.36. The number of benzene rings is 1. The van der Waals surface area contributed by atoms with E-state index in [2.05, 4.69) is 33.5 Å². The van der Waals surface area contributed by atoms with Crippen molar-refractivity contribution in [3.05, 3.63) is 54.6 Å². The van der Waals surface area contributed by atoms with Gasteiger partial charge in [0.05, 0.1) is 5.25 Å². The van der Waals surface area contributed by atoms with E-state index in [-0.39, 0.29) is 11.3 Å². The maximum atomic E-state index is 12.9. The molecule has 3 heterocycles. The number of sulfonamides is 1. The first-order valence-electron chi connectivity index (χ1n) is 11.6. The molecule has 5 rings (SSSR count). The van der Waals surface area contributed by atoms with Gasteiger partial charge in [-0.15, -0.1) is 0 Å². The maximum Gasteiger partial charge on any atom is 0.216 e. The summed E-state index contributed by atoms with van der Waals surface area (Å²) in [5, 5.41) is 5.75. The molecule has 6 nitrogen and oxygen atoms in total. The van der Waals surface area contributed by atoms with E-state index in [9.17, 15) is 8.42 Å². The van der Waals surface area contributed by atoms with Crippen molar-refractivity contribution in [2.45, 2.75) is 56.7 Å². The number of hydrogen-bond acceptors (Lipinski definition) is 5. The van der Waals surface area contributed by atoms with Crippen LogP contribution in [0.5, 0.6) is 0 Å². The Morgan fingerprint density at radius 2 is 1.75 bits per heavy atom. The fourth-order valence-electron chi connectivity index (χ4n) is 4.99. The normalized spacial score (nSPS) is 18.9. The number of nitrogens with one attached hydrogen (secondary N) is 1. The van der Waals surface area contributed by atoms with E-state index in [1.165, 1.54) is 0 Å². The smallest absolute Gasteiger partial charge is 0.216 e. The second kappa shape index (κ2) is 8.79. The second-order valence-electron chi connectivity index (χ2n) is 9.08. The highest BCUT2D eigenvalue weighted by atomic mass is 32.2. The standard InChI is InChI=1S/C25H30N4O2S/c1-18-6-7-20(16-27-18)21-14-19-8-11-26-17-24(19)25(15-21)28-22-9-12-29(13-10-22)32(30,31)23-4-2-3-5-23/h6-8,11,14-17,22-23,28H,2-5,9-10,12-13H2,1H3. The summed E-state index contributed by atoms with van der Waals surface area (Å²) in [6.07, 6.45) is 11.0. The molecule has 3 aromatic rings. The molecule has 1 aliphatic heterocycles.